The van der Waals surface area contributed by atoms with Gasteiger partial charge in [0.25, 0.3) is 0 Å². The summed E-state index contributed by atoms with van der Waals surface area (Å²) in [6.45, 7) is 2.16. The van der Waals surface area contributed by atoms with Gasteiger partial charge in [-0.2, -0.15) is 0 Å². The first-order chi connectivity index (χ1) is 25.2. The lowest BCUT2D eigenvalue weighted by atomic mass is 9.87. The van der Waals surface area contributed by atoms with E-state index in [1.807, 2.05) is 6.20 Å². The van der Waals surface area contributed by atoms with Gasteiger partial charge >= 0.3 is 0 Å². The second-order valence-corrected chi connectivity index (χ2v) is 13.7. The lowest BCUT2D eigenvalue weighted by Crippen LogP contribution is -1.99. The number of benzene rings is 8. The van der Waals surface area contributed by atoms with Crippen molar-refractivity contribution in [2.75, 3.05) is 0 Å². The van der Waals surface area contributed by atoms with E-state index >= 15 is 0 Å². The SMILES string of the molecule is CCc1nc2cc(-c3ccc(-c4cc5ccc6cccc7c8cccc9ccc%10cccc(c(c4)c5c67)c%10c98)nc3)ccc2n1-c1ccccc1. The third-order valence-electron chi connectivity index (χ3n) is 10.9. The molecule has 0 atom stereocenters. The number of pyridine rings is 1. The Balaban J connectivity index is 1.11. The van der Waals surface area contributed by atoms with E-state index in [0.29, 0.717) is 0 Å². The number of aryl methyl sites for hydroxylation is 1. The van der Waals surface area contributed by atoms with Crippen molar-refractivity contribution in [1.29, 1.82) is 0 Å². The molecule has 0 bridgehead atoms. The predicted octanol–water partition coefficient (Wildman–Crippen LogP) is 12.7. The lowest BCUT2D eigenvalue weighted by Gasteiger charge is -2.17. The average molecular weight is 650 g/mol. The summed E-state index contributed by atoms with van der Waals surface area (Å²) in [5, 5.41) is 15.4. The first kappa shape index (κ1) is 28.3. The standard InChI is InChI=1S/C48H31N3/c1-2-44-50-42-27-32(22-24-43(42)51(44)36-12-4-3-5-13-36)34-21-23-41(49-28-34)35-25-33-20-19-31-10-7-15-38-37-14-6-9-29-17-18-30-11-8-16-39(47(30)45(29)37)40(26-35)48(33)46(31)38/h3-28H,2H2,1H3. The fourth-order valence-corrected chi connectivity index (χ4v) is 8.58. The molecular formula is C48H31N3. The molecule has 0 aliphatic carbocycles. The number of rotatable bonds is 4. The second-order valence-electron chi connectivity index (χ2n) is 13.7. The minimum absolute atomic E-state index is 0.857. The summed E-state index contributed by atoms with van der Waals surface area (Å²) in [6.07, 6.45) is 2.87. The van der Waals surface area contributed by atoms with E-state index in [0.717, 1.165) is 51.4 Å². The minimum atomic E-state index is 0.857. The van der Waals surface area contributed by atoms with Crippen molar-refractivity contribution >= 4 is 75.7 Å². The highest BCUT2D eigenvalue weighted by Gasteiger charge is 2.17. The molecule has 11 aromatic rings. The van der Waals surface area contributed by atoms with Gasteiger partial charge in [-0.25, -0.2) is 4.98 Å². The topological polar surface area (TPSA) is 30.7 Å². The van der Waals surface area contributed by atoms with Crippen LogP contribution in [0.15, 0.2) is 158 Å². The zero-order valence-corrected chi connectivity index (χ0v) is 28.1. The second kappa shape index (κ2) is 10.7. The van der Waals surface area contributed by atoms with Crippen LogP contribution in [0.2, 0.25) is 0 Å². The van der Waals surface area contributed by atoms with Gasteiger partial charge < -0.3 is 0 Å². The van der Waals surface area contributed by atoms with Crippen molar-refractivity contribution < 1.29 is 0 Å². The van der Waals surface area contributed by atoms with Crippen LogP contribution in [-0.2, 0) is 6.42 Å². The lowest BCUT2D eigenvalue weighted by molar-refractivity contribution is 0.908. The minimum Gasteiger partial charge on any atom is -0.296 e. The Bertz CT molecular complexity index is 3150. The predicted molar refractivity (Wildman–Crippen MR) is 215 cm³/mol. The smallest absolute Gasteiger partial charge is 0.114 e. The van der Waals surface area contributed by atoms with Gasteiger partial charge in [-0.15, -0.1) is 0 Å². The van der Waals surface area contributed by atoms with Crippen LogP contribution in [0.5, 0.6) is 0 Å². The van der Waals surface area contributed by atoms with Crippen molar-refractivity contribution in [1.82, 2.24) is 14.5 Å². The van der Waals surface area contributed by atoms with E-state index in [2.05, 4.69) is 163 Å². The van der Waals surface area contributed by atoms with Crippen LogP contribution in [0, 0.1) is 0 Å². The van der Waals surface area contributed by atoms with E-state index in [4.69, 9.17) is 9.97 Å². The summed E-state index contributed by atoms with van der Waals surface area (Å²) in [7, 11) is 0. The molecule has 0 saturated heterocycles. The van der Waals surface area contributed by atoms with Gasteiger partial charge in [0, 0.05) is 29.4 Å². The van der Waals surface area contributed by atoms with Gasteiger partial charge in [0.2, 0.25) is 0 Å². The Morgan fingerprint density at radius 3 is 1.71 bits per heavy atom. The van der Waals surface area contributed by atoms with Gasteiger partial charge in [-0.05, 0) is 113 Å². The zero-order valence-electron chi connectivity index (χ0n) is 28.1. The Morgan fingerprint density at radius 1 is 0.471 bits per heavy atom. The maximum atomic E-state index is 5.09. The molecular weight excluding hydrogens is 619 g/mol. The molecule has 51 heavy (non-hydrogen) atoms. The maximum absolute atomic E-state index is 5.09. The first-order valence-electron chi connectivity index (χ1n) is 17.7. The molecule has 2 aromatic heterocycles. The molecule has 0 fully saturated rings. The molecule has 0 radical (unpaired) electrons. The summed E-state index contributed by atoms with van der Waals surface area (Å²) in [5.41, 5.74) is 7.51. The largest absolute Gasteiger partial charge is 0.296 e. The Labute approximate surface area is 294 Å². The Hall–Kier alpha value is -6.58. The number of imidazole rings is 1. The third kappa shape index (κ3) is 4.12. The number of aromatic nitrogens is 3. The number of para-hydroxylation sites is 1. The van der Waals surface area contributed by atoms with Gasteiger partial charge in [0.1, 0.15) is 5.82 Å². The highest BCUT2D eigenvalue weighted by Crippen LogP contribution is 2.44. The quantitative estimate of drug-likeness (QED) is 0.178. The van der Waals surface area contributed by atoms with Gasteiger partial charge in [0.05, 0.1) is 16.7 Å². The molecule has 3 heteroatoms. The number of nitrogens with zero attached hydrogens (tertiary/aromatic N) is 3. The Kier molecular flexibility index (Phi) is 5.94. The van der Waals surface area contributed by atoms with Crippen LogP contribution in [0.1, 0.15) is 12.7 Å². The summed E-state index contributed by atoms with van der Waals surface area (Å²) < 4.78 is 2.27. The van der Waals surface area contributed by atoms with Crippen LogP contribution in [0.25, 0.3) is 104 Å². The monoisotopic (exact) mass is 649 g/mol. The highest BCUT2D eigenvalue weighted by molar-refractivity contribution is 6.37. The molecule has 0 N–H and O–H groups in total. The van der Waals surface area contributed by atoms with Gasteiger partial charge in [0.15, 0.2) is 0 Å². The molecule has 0 spiro atoms. The fraction of sp³-hybridized carbons (Fsp3) is 0.0417. The molecule has 238 valence electrons. The summed E-state index contributed by atoms with van der Waals surface area (Å²) >= 11 is 0. The van der Waals surface area contributed by atoms with E-state index in [-0.39, 0.29) is 0 Å². The first-order valence-corrected chi connectivity index (χ1v) is 17.7. The van der Waals surface area contributed by atoms with Crippen molar-refractivity contribution in [3.8, 4) is 28.1 Å². The van der Waals surface area contributed by atoms with Crippen molar-refractivity contribution in [2.24, 2.45) is 0 Å². The summed E-state index contributed by atoms with van der Waals surface area (Å²) in [5.74, 6) is 1.06. The van der Waals surface area contributed by atoms with Crippen molar-refractivity contribution in [2.45, 2.75) is 13.3 Å². The number of fused-ring (bicyclic) bond motifs is 3. The molecule has 11 rings (SSSR count). The molecule has 0 unspecified atom stereocenters. The number of hydrogen-bond donors (Lipinski definition) is 0. The fourth-order valence-electron chi connectivity index (χ4n) is 8.58. The average Bonchev–Trinajstić information content (AvgIpc) is 3.57. The molecule has 0 amide bonds. The number of hydrogen-bond acceptors (Lipinski definition) is 2. The van der Waals surface area contributed by atoms with Crippen LogP contribution in [0.4, 0.5) is 0 Å². The third-order valence-corrected chi connectivity index (χ3v) is 10.9. The van der Waals surface area contributed by atoms with E-state index < -0.39 is 0 Å². The van der Waals surface area contributed by atoms with Crippen LogP contribution >= 0.6 is 0 Å². The van der Waals surface area contributed by atoms with Crippen molar-refractivity contribution in [3.05, 3.63) is 164 Å². The van der Waals surface area contributed by atoms with Crippen LogP contribution in [-0.4, -0.2) is 14.5 Å². The van der Waals surface area contributed by atoms with Gasteiger partial charge in [-0.1, -0.05) is 116 Å². The normalized spacial score (nSPS) is 12.1. The van der Waals surface area contributed by atoms with E-state index in [1.165, 1.54) is 64.6 Å². The molecule has 0 aliphatic heterocycles. The molecule has 2 heterocycles. The van der Waals surface area contributed by atoms with Crippen LogP contribution in [0.3, 0.4) is 0 Å². The molecule has 0 aliphatic rings. The highest BCUT2D eigenvalue weighted by atomic mass is 15.1. The molecule has 9 aromatic carbocycles. The zero-order chi connectivity index (χ0) is 33.6. The molecule has 3 nitrogen and oxygen atoms in total. The van der Waals surface area contributed by atoms with Gasteiger partial charge in [-0.3, -0.25) is 9.55 Å². The van der Waals surface area contributed by atoms with Crippen LogP contribution < -0.4 is 0 Å². The Morgan fingerprint density at radius 2 is 1.08 bits per heavy atom. The van der Waals surface area contributed by atoms with Crippen molar-refractivity contribution in [3.63, 3.8) is 0 Å². The summed E-state index contributed by atoms with van der Waals surface area (Å²) in [6, 6.07) is 55.5. The molecule has 0 saturated carbocycles. The summed E-state index contributed by atoms with van der Waals surface area (Å²) in [4.78, 5) is 10.1. The maximum Gasteiger partial charge on any atom is 0.114 e. The van der Waals surface area contributed by atoms with E-state index in [1.54, 1.807) is 0 Å². The van der Waals surface area contributed by atoms with E-state index in [9.17, 15) is 0 Å².